The summed E-state index contributed by atoms with van der Waals surface area (Å²) in [7, 11) is 0. The molecular formula is C13H19Br2NO2. The van der Waals surface area contributed by atoms with Gasteiger partial charge in [0.15, 0.2) is 0 Å². The van der Waals surface area contributed by atoms with Gasteiger partial charge >= 0.3 is 0 Å². The monoisotopic (exact) mass is 379 g/mol. The summed E-state index contributed by atoms with van der Waals surface area (Å²) < 4.78 is 7.55. The summed E-state index contributed by atoms with van der Waals surface area (Å²) >= 11 is 7.03. The summed E-state index contributed by atoms with van der Waals surface area (Å²) in [6.07, 6.45) is 0.653. The maximum atomic E-state index is 9.18. The third kappa shape index (κ3) is 5.26. The van der Waals surface area contributed by atoms with Gasteiger partial charge in [0.2, 0.25) is 0 Å². The molecule has 2 N–H and O–H groups in total. The van der Waals surface area contributed by atoms with Gasteiger partial charge < -0.3 is 15.2 Å². The van der Waals surface area contributed by atoms with Crippen LogP contribution in [0.1, 0.15) is 25.8 Å². The standard InChI is InChI=1S/C13H19Br2NO2/c1-3-4-18-13-11(14)5-10(6-12(13)15)8-16-7-9(2)17/h5-6,9,16-17H,3-4,7-8H2,1-2H3/t9-/m1/s1. The highest BCUT2D eigenvalue weighted by Gasteiger charge is 2.08. The van der Waals surface area contributed by atoms with Crippen LogP contribution in [0.5, 0.6) is 5.75 Å². The molecule has 0 aromatic heterocycles. The summed E-state index contributed by atoms with van der Waals surface area (Å²) in [4.78, 5) is 0. The molecule has 0 amide bonds. The minimum atomic E-state index is -0.330. The van der Waals surface area contributed by atoms with Crippen LogP contribution < -0.4 is 10.1 Å². The van der Waals surface area contributed by atoms with Gasteiger partial charge in [0, 0.05) is 13.1 Å². The Morgan fingerprint density at radius 1 is 1.33 bits per heavy atom. The average Bonchev–Trinajstić information content (AvgIpc) is 2.27. The predicted octanol–water partition coefficient (Wildman–Crippen LogP) is 3.47. The Labute approximate surface area is 125 Å². The maximum Gasteiger partial charge on any atom is 0.147 e. The van der Waals surface area contributed by atoms with Crippen molar-refractivity contribution in [3.8, 4) is 5.75 Å². The molecule has 1 atom stereocenters. The van der Waals surface area contributed by atoms with E-state index in [-0.39, 0.29) is 6.10 Å². The molecule has 0 saturated heterocycles. The largest absolute Gasteiger partial charge is 0.491 e. The number of nitrogens with one attached hydrogen (secondary N) is 1. The highest BCUT2D eigenvalue weighted by molar-refractivity contribution is 9.11. The molecular weight excluding hydrogens is 362 g/mol. The lowest BCUT2D eigenvalue weighted by molar-refractivity contribution is 0.191. The number of benzene rings is 1. The minimum Gasteiger partial charge on any atom is -0.491 e. The van der Waals surface area contributed by atoms with Crippen LogP contribution in [0.4, 0.5) is 0 Å². The molecule has 0 bridgehead atoms. The molecule has 3 nitrogen and oxygen atoms in total. The Morgan fingerprint density at radius 3 is 2.44 bits per heavy atom. The van der Waals surface area contributed by atoms with E-state index in [1.165, 1.54) is 0 Å². The van der Waals surface area contributed by atoms with Gasteiger partial charge in [0.25, 0.3) is 0 Å². The Bertz CT molecular complexity index is 360. The normalized spacial score (nSPS) is 12.5. The second-order valence-electron chi connectivity index (χ2n) is 4.22. The molecule has 0 fully saturated rings. The van der Waals surface area contributed by atoms with Crippen molar-refractivity contribution in [2.45, 2.75) is 32.9 Å². The molecule has 0 unspecified atom stereocenters. The summed E-state index contributed by atoms with van der Waals surface area (Å²) in [5.74, 6) is 0.844. The lowest BCUT2D eigenvalue weighted by Gasteiger charge is -2.12. The zero-order valence-electron chi connectivity index (χ0n) is 10.7. The van der Waals surface area contributed by atoms with Crippen molar-refractivity contribution in [3.05, 3.63) is 26.6 Å². The molecule has 0 aliphatic carbocycles. The van der Waals surface area contributed by atoms with Gasteiger partial charge in [-0.1, -0.05) is 6.92 Å². The van der Waals surface area contributed by atoms with Gasteiger partial charge in [-0.2, -0.15) is 0 Å². The Morgan fingerprint density at radius 2 is 1.94 bits per heavy atom. The first-order chi connectivity index (χ1) is 8.54. The molecule has 0 spiro atoms. The number of aliphatic hydroxyl groups excluding tert-OH is 1. The van der Waals surface area contributed by atoms with E-state index in [0.717, 1.165) is 33.2 Å². The highest BCUT2D eigenvalue weighted by atomic mass is 79.9. The number of hydrogen-bond acceptors (Lipinski definition) is 3. The minimum absolute atomic E-state index is 0.330. The van der Waals surface area contributed by atoms with Crippen molar-refractivity contribution in [3.63, 3.8) is 0 Å². The van der Waals surface area contributed by atoms with Crippen molar-refractivity contribution < 1.29 is 9.84 Å². The summed E-state index contributed by atoms with van der Waals surface area (Å²) in [6, 6.07) is 4.07. The van der Waals surface area contributed by atoms with E-state index in [9.17, 15) is 5.11 Å². The van der Waals surface area contributed by atoms with Crippen LogP contribution in [0.15, 0.2) is 21.1 Å². The van der Waals surface area contributed by atoms with E-state index in [1.807, 2.05) is 12.1 Å². The van der Waals surface area contributed by atoms with Crippen molar-refractivity contribution in [1.82, 2.24) is 5.32 Å². The lowest BCUT2D eigenvalue weighted by Crippen LogP contribution is -2.23. The molecule has 0 aliphatic heterocycles. The Kier molecular flexibility index (Phi) is 7.22. The Hall–Kier alpha value is -0.100. The Balaban J connectivity index is 2.67. The van der Waals surface area contributed by atoms with Gasteiger partial charge in [0.05, 0.1) is 21.7 Å². The zero-order chi connectivity index (χ0) is 13.5. The third-order valence-electron chi connectivity index (χ3n) is 2.28. The van der Waals surface area contributed by atoms with Gasteiger partial charge in [-0.05, 0) is 62.9 Å². The first kappa shape index (κ1) is 16.0. The third-order valence-corrected chi connectivity index (χ3v) is 3.46. The van der Waals surface area contributed by atoms with E-state index < -0.39 is 0 Å². The predicted molar refractivity (Wildman–Crippen MR) is 81.0 cm³/mol. The van der Waals surface area contributed by atoms with E-state index in [1.54, 1.807) is 6.92 Å². The van der Waals surface area contributed by atoms with Crippen LogP contribution in [0.2, 0.25) is 0 Å². The van der Waals surface area contributed by atoms with E-state index in [2.05, 4.69) is 44.1 Å². The molecule has 0 aliphatic rings. The second kappa shape index (κ2) is 8.15. The molecule has 102 valence electrons. The lowest BCUT2D eigenvalue weighted by atomic mass is 10.2. The molecule has 0 heterocycles. The van der Waals surface area contributed by atoms with E-state index >= 15 is 0 Å². The van der Waals surface area contributed by atoms with Crippen LogP contribution in [0.25, 0.3) is 0 Å². The number of rotatable bonds is 7. The molecule has 0 saturated carbocycles. The van der Waals surface area contributed by atoms with E-state index in [4.69, 9.17) is 4.74 Å². The molecule has 5 heteroatoms. The summed E-state index contributed by atoms with van der Waals surface area (Å²) in [5, 5.41) is 12.4. The molecule has 18 heavy (non-hydrogen) atoms. The van der Waals surface area contributed by atoms with E-state index in [0.29, 0.717) is 13.2 Å². The quantitative estimate of drug-likeness (QED) is 0.760. The van der Waals surface area contributed by atoms with Crippen LogP contribution >= 0.6 is 31.9 Å². The smallest absolute Gasteiger partial charge is 0.147 e. The number of aliphatic hydroxyl groups is 1. The number of ether oxygens (including phenoxy) is 1. The molecule has 1 rings (SSSR count). The van der Waals surface area contributed by atoms with Gasteiger partial charge in [-0.25, -0.2) is 0 Å². The number of halogens is 2. The summed E-state index contributed by atoms with van der Waals surface area (Å²) in [5.41, 5.74) is 1.14. The first-order valence-corrected chi connectivity index (χ1v) is 7.62. The topological polar surface area (TPSA) is 41.5 Å². The SMILES string of the molecule is CCCOc1c(Br)cc(CNC[C@@H](C)O)cc1Br. The fraction of sp³-hybridized carbons (Fsp3) is 0.538. The van der Waals surface area contributed by atoms with Crippen molar-refractivity contribution >= 4 is 31.9 Å². The summed E-state index contributed by atoms with van der Waals surface area (Å²) in [6.45, 7) is 5.85. The highest BCUT2D eigenvalue weighted by Crippen LogP contribution is 2.34. The second-order valence-corrected chi connectivity index (χ2v) is 5.93. The van der Waals surface area contributed by atoms with Gasteiger partial charge in [-0.15, -0.1) is 0 Å². The fourth-order valence-corrected chi connectivity index (χ4v) is 2.99. The van der Waals surface area contributed by atoms with Crippen LogP contribution in [-0.4, -0.2) is 24.4 Å². The van der Waals surface area contributed by atoms with Crippen molar-refractivity contribution in [2.24, 2.45) is 0 Å². The first-order valence-electron chi connectivity index (χ1n) is 6.04. The number of hydrogen-bond donors (Lipinski definition) is 2. The van der Waals surface area contributed by atoms with Crippen LogP contribution in [-0.2, 0) is 6.54 Å². The molecule has 1 aromatic carbocycles. The fourth-order valence-electron chi connectivity index (χ4n) is 1.48. The van der Waals surface area contributed by atoms with Crippen LogP contribution in [0.3, 0.4) is 0 Å². The van der Waals surface area contributed by atoms with Gasteiger partial charge in [-0.3, -0.25) is 0 Å². The van der Waals surface area contributed by atoms with Crippen molar-refractivity contribution in [1.29, 1.82) is 0 Å². The zero-order valence-corrected chi connectivity index (χ0v) is 13.8. The average molecular weight is 381 g/mol. The molecule has 0 radical (unpaired) electrons. The molecule has 1 aromatic rings. The van der Waals surface area contributed by atoms with Gasteiger partial charge in [0.1, 0.15) is 5.75 Å². The maximum absolute atomic E-state index is 9.18. The van der Waals surface area contributed by atoms with Crippen molar-refractivity contribution in [2.75, 3.05) is 13.2 Å². The van der Waals surface area contributed by atoms with Crippen LogP contribution in [0, 0.1) is 0 Å².